The summed E-state index contributed by atoms with van der Waals surface area (Å²) >= 11 is 0. The van der Waals surface area contributed by atoms with E-state index in [0.717, 1.165) is 45.1 Å². The van der Waals surface area contributed by atoms with Gasteiger partial charge in [0.2, 0.25) is 0 Å². The van der Waals surface area contributed by atoms with Crippen LogP contribution >= 0.6 is 0 Å². The quantitative estimate of drug-likeness (QED) is 0.348. The van der Waals surface area contributed by atoms with Crippen molar-refractivity contribution in [1.82, 2.24) is 10.6 Å². The number of ether oxygens (including phenoxy) is 3. The molecule has 2 rings (SSSR count). The summed E-state index contributed by atoms with van der Waals surface area (Å²) in [5.74, 6) is 0.988. The smallest absolute Gasteiger partial charge is 0.419 e. The van der Waals surface area contributed by atoms with Gasteiger partial charge in [0.05, 0.1) is 12.1 Å². The number of para-hydroxylation sites is 1. The van der Waals surface area contributed by atoms with Gasteiger partial charge in [-0.25, -0.2) is 0 Å². The average Bonchev–Trinajstić information content (AvgIpc) is 2.72. The molecular formula is C20H30F3N3O3. The summed E-state index contributed by atoms with van der Waals surface area (Å²) in [6.45, 7) is 4.18. The molecule has 1 aromatic rings. The van der Waals surface area contributed by atoms with E-state index in [1.807, 2.05) is 0 Å². The zero-order valence-corrected chi connectivity index (χ0v) is 16.8. The summed E-state index contributed by atoms with van der Waals surface area (Å²) in [6, 6.07) is 5.18. The number of hydrogen-bond acceptors (Lipinski definition) is 4. The molecule has 1 heterocycles. The zero-order chi connectivity index (χ0) is 21.0. The van der Waals surface area contributed by atoms with E-state index in [1.165, 1.54) is 18.2 Å². The zero-order valence-electron chi connectivity index (χ0n) is 16.8. The lowest BCUT2D eigenvalue weighted by Crippen LogP contribution is -2.40. The third kappa shape index (κ3) is 8.91. The normalized spacial score (nSPS) is 15.9. The van der Waals surface area contributed by atoms with Gasteiger partial charge in [0.25, 0.3) is 0 Å². The van der Waals surface area contributed by atoms with Gasteiger partial charge in [-0.05, 0) is 37.3 Å². The first-order chi connectivity index (χ1) is 14.0. The maximum Gasteiger partial charge on any atom is 0.419 e. The number of halogens is 3. The molecule has 1 aromatic carbocycles. The molecule has 1 aliphatic heterocycles. The van der Waals surface area contributed by atoms with Crippen LogP contribution in [0.1, 0.15) is 24.8 Å². The Morgan fingerprint density at radius 1 is 1.14 bits per heavy atom. The highest BCUT2D eigenvalue weighted by Gasteiger charge is 2.33. The van der Waals surface area contributed by atoms with Crippen LogP contribution in [-0.4, -0.2) is 59.1 Å². The van der Waals surface area contributed by atoms with Gasteiger partial charge in [0, 0.05) is 40.0 Å². The number of rotatable bonds is 10. The molecule has 9 heteroatoms. The van der Waals surface area contributed by atoms with Crippen LogP contribution in [0.3, 0.4) is 0 Å². The summed E-state index contributed by atoms with van der Waals surface area (Å²) in [7, 11) is 1.64. The van der Waals surface area contributed by atoms with E-state index < -0.39 is 11.7 Å². The molecule has 0 aromatic heterocycles. The standard InChI is InChI=1S/C20H30F3N3O3/c1-24-19(25-9-4-11-28-15-16-7-12-27-13-8-16)26-10-14-29-18-6-3-2-5-17(18)20(21,22)23/h2-3,5-6,16H,4,7-15H2,1H3,(H2,24,25,26). The van der Waals surface area contributed by atoms with Crippen LogP contribution in [0.15, 0.2) is 29.3 Å². The minimum absolute atomic E-state index is 0.0853. The fraction of sp³-hybridized carbons (Fsp3) is 0.650. The Morgan fingerprint density at radius 3 is 2.59 bits per heavy atom. The third-order valence-electron chi connectivity index (χ3n) is 4.52. The second-order valence-electron chi connectivity index (χ2n) is 6.75. The van der Waals surface area contributed by atoms with Crippen LogP contribution in [0.4, 0.5) is 13.2 Å². The van der Waals surface area contributed by atoms with E-state index >= 15 is 0 Å². The number of alkyl halides is 3. The fourth-order valence-corrected chi connectivity index (χ4v) is 2.92. The SMILES string of the molecule is CN=C(NCCCOCC1CCOCC1)NCCOc1ccccc1C(F)(F)F. The van der Waals surface area contributed by atoms with E-state index in [9.17, 15) is 13.2 Å². The number of hydrogen-bond donors (Lipinski definition) is 2. The summed E-state index contributed by atoms with van der Waals surface area (Å²) < 4.78 is 55.1. The molecule has 1 fully saturated rings. The van der Waals surface area contributed by atoms with Crippen LogP contribution in [-0.2, 0) is 15.7 Å². The Bertz CT molecular complexity index is 620. The molecule has 0 aliphatic carbocycles. The van der Waals surface area contributed by atoms with Gasteiger partial charge in [-0.15, -0.1) is 0 Å². The summed E-state index contributed by atoms with van der Waals surface area (Å²) in [5.41, 5.74) is -0.775. The van der Waals surface area contributed by atoms with E-state index in [0.29, 0.717) is 31.6 Å². The van der Waals surface area contributed by atoms with Crippen LogP contribution in [0, 0.1) is 5.92 Å². The number of nitrogens with one attached hydrogen (secondary N) is 2. The lowest BCUT2D eigenvalue weighted by atomic mass is 10.0. The van der Waals surface area contributed by atoms with Gasteiger partial charge >= 0.3 is 6.18 Å². The van der Waals surface area contributed by atoms with Crippen molar-refractivity contribution in [3.05, 3.63) is 29.8 Å². The van der Waals surface area contributed by atoms with Crippen molar-refractivity contribution < 1.29 is 27.4 Å². The van der Waals surface area contributed by atoms with Crippen molar-refractivity contribution in [1.29, 1.82) is 0 Å². The molecule has 6 nitrogen and oxygen atoms in total. The molecule has 0 bridgehead atoms. The molecule has 0 amide bonds. The minimum atomic E-state index is -4.44. The Kier molecular flexibility index (Phi) is 10.1. The van der Waals surface area contributed by atoms with Crippen molar-refractivity contribution in [3.8, 4) is 5.75 Å². The van der Waals surface area contributed by atoms with Gasteiger partial charge in [-0.1, -0.05) is 12.1 Å². The second kappa shape index (κ2) is 12.5. The number of guanidine groups is 1. The highest BCUT2D eigenvalue weighted by molar-refractivity contribution is 5.79. The van der Waals surface area contributed by atoms with Gasteiger partial charge in [-0.2, -0.15) is 13.2 Å². The Morgan fingerprint density at radius 2 is 1.86 bits per heavy atom. The van der Waals surface area contributed by atoms with Crippen molar-refractivity contribution in [2.45, 2.75) is 25.4 Å². The van der Waals surface area contributed by atoms with Crippen LogP contribution < -0.4 is 15.4 Å². The Labute approximate surface area is 169 Å². The lowest BCUT2D eigenvalue weighted by molar-refractivity contribution is -0.138. The molecule has 1 aliphatic rings. The van der Waals surface area contributed by atoms with Crippen molar-refractivity contribution in [2.24, 2.45) is 10.9 Å². The molecule has 0 atom stereocenters. The maximum atomic E-state index is 12.9. The molecule has 0 spiro atoms. The first-order valence-electron chi connectivity index (χ1n) is 9.89. The Hall–Kier alpha value is -2.00. The molecule has 0 unspecified atom stereocenters. The number of nitrogens with zero attached hydrogens (tertiary/aromatic N) is 1. The molecule has 2 N–H and O–H groups in total. The summed E-state index contributed by atoms with van der Waals surface area (Å²) in [5, 5.41) is 6.16. The first kappa shape index (κ1) is 23.3. The van der Waals surface area contributed by atoms with E-state index in [-0.39, 0.29) is 12.4 Å². The first-order valence-corrected chi connectivity index (χ1v) is 9.89. The van der Waals surface area contributed by atoms with Gasteiger partial charge < -0.3 is 24.8 Å². The van der Waals surface area contributed by atoms with Crippen LogP contribution in [0.25, 0.3) is 0 Å². The average molecular weight is 417 g/mol. The monoisotopic (exact) mass is 417 g/mol. The van der Waals surface area contributed by atoms with Gasteiger partial charge in [0.1, 0.15) is 12.4 Å². The highest BCUT2D eigenvalue weighted by Crippen LogP contribution is 2.35. The summed E-state index contributed by atoms with van der Waals surface area (Å²) in [4.78, 5) is 4.08. The van der Waals surface area contributed by atoms with Crippen LogP contribution in [0.2, 0.25) is 0 Å². The minimum Gasteiger partial charge on any atom is -0.491 e. The third-order valence-corrected chi connectivity index (χ3v) is 4.52. The van der Waals surface area contributed by atoms with Crippen molar-refractivity contribution in [3.63, 3.8) is 0 Å². The molecule has 29 heavy (non-hydrogen) atoms. The number of aliphatic imine (C=N–C) groups is 1. The summed E-state index contributed by atoms with van der Waals surface area (Å²) in [6.07, 6.45) is -1.48. The van der Waals surface area contributed by atoms with Gasteiger partial charge in [-0.3, -0.25) is 4.99 Å². The van der Waals surface area contributed by atoms with E-state index in [2.05, 4.69) is 15.6 Å². The largest absolute Gasteiger partial charge is 0.491 e. The Balaban J connectivity index is 1.56. The number of benzene rings is 1. The predicted octanol–water partition coefficient (Wildman–Crippen LogP) is 3.08. The molecule has 0 radical (unpaired) electrons. The molecule has 0 saturated carbocycles. The maximum absolute atomic E-state index is 12.9. The van der Waals surface area contributed by atoms with E-state index in [4.69, 9.17) is 14.2 Å². The second-order valence-corrected chi connectivity index (χ2v) is 6.75. The van der Waals surface area contributed by atoms with Crippen molar-refractivity contribution >= 4 is 5.96 Å². The van der Waals surface area contributed by atoms with Crippen LogP contribution in [0.5, 0.6) is 5.75 Å². The van der Waals surface area contributed by atoms with Crippen molar-refractivity contribution in [2.75, 3.05) is 53.2 Å². The lowest BCUT2D eigenvalue weighted by Gasteiger charge is -2.21. The molecular weight excluding hydrogens is 387 g/mol. The van der Waals surface area contributed by atoms with Gasteiger partial charge in [0.15, 0.2) is 5.96 Å². The molecule has 1 saturated heterocycles. The molecule has 164 valence electrons. The predicted molar refractivity (Wildman–Crippen MR) is 105 cm³/mol. The highest BCUT2D eigenvalue weighted by atomic mass is 19.4. The fourth-order valence-electron chi connectivity index (χ4n) is 2.92. The topological polar surface area (TPSA) is 64.1 Å². The van der Waals surface area contributed by atoms with E-state index in [1.54, 1.807) is 7.05 Å².